The predicted octanol–water partition coefficient (Wildman–Crippen LogP) is 7.00. The van der Waals surface area contributed by atoms with Crippen LogP contribution in [-0.2, 0) is 0 Å². The van der Waals surface area contributed by atoms with Crippen LogP contribution in [0.1, 0.15) is 0 Å². The molecule has 0 bridgehead atoms. The van der Waals surface area contributed by atoms with E-state index in [2.05, 4.69) is 78.1 Å². The number of benzene rings is 4. The third-order valence-corrected chi connectivity index (χ3v) is 4.68. The predicted molar refractivity (Wildman–Crippen MR) is 109 cm³/mol. The lowest BCUT2D eigenvalue weighted by Gasteiger charge is -2.08. The zero-order valence-electron chi connectivity index (χ0n) is 14.1. The van der Waals surface area contributed by atoms with Crippen LogP contribution < -0.4 is 5.32 Å². The summed E-state index contributed by atoms with van der Waals surface area (Å²) < 4.78 is 6.09. The maximum Gasteiger partial charge on any atom is 0.158 e. The number of hydrogen-bond donors (Lipinski definition) is 1. The van der Waals surface area contributed by atoms with E-state index in [0.29, 0.717) is 0 Å². The summed E-state index contributed by atoms with van der Waals surface area (Å²) in [6.45, 7) is 0. The molecule has 0 aliphatic rings. The monoisotopic (exact) mass is 335 g/mol. The lowest BCUT2D eigenvalue weighted by molar-refractivity contribution is 0.670. The molecule has 0 spiro atoms. The molecule has 2 heteroatoms. The number of anilines is 2. The van der Waals surface area contributed by atoms with Gasteiger partial charge in [-0.05, 0) is 35.4 Å². The van der Waals surface area contributed by atoms with Crippen LogP contribution in [0.5, 0.6) is 0 Å². The molecule has 5 aromatic rings. The summed E-state index contributed by atoms with van der Waals surface area (Å²) in [4.78, 5) is 0. The molecule has 0 amide bonds. The lowest BCUT2D eigenvalue weighted by Crippen LogP contribution is -1.90. The fourth-order valence-corrected chi connectivity index (χ4v) is 3.38. The van der Waals surface area contributed by atoms with Crippen LogP contribution in [0, 0.1) is 0 Å². The summed E-state index contributed by atoms with van der Waals surface area (Å²) in [5.74, 6) is 0. The van der Waals surface area contributed by atoms with E-state index in [-0.39, 0.29) is 0 Å². The Balaban J connectivity index is 1.51. The second-order valence-electron chi connectivity index (χ2n) is 6.35. The standard InChI is InChI=1S/C24H17NO/c1-2-7-17(8-3-1)18-13-15-19(16-14-18)25-22-11-6-10-21-20-9-4-5-12-23(20)26-24(21)22/h1-16,25H. The molecule has 4 aromatic carbocycles. The summed E-state index contributed by atoms with van der Waals surface area (Å²) in [6, 6.07) is 33.2. The molecular weight excluding hydrogens is 318 g/mol. The van der Waals surface area contributed by atoms with Gasteiger partial charge < -0.3 is 9.73 Å². The van der Waals surface area contributed by atoms with Gasteiger partial charge in [-0.3, -0.25) is 0 Å². The van der Waals surface area contributed by atoms with Crippen LogP contribution >= 0.6 is 0 Å². The highest BCUT2D eigenvalue weighted by Crippen LogP contribution is 2.34. The maximum atomic E-state index is 6.09. The van der Waals surface area contributed by atoms with Crippen molar-refractivity contribution in [1.82, 2.24) is 0 Å². The fraction of sp³-hybridized carbons (Fsp3) is 0. The van der Waals surface area contributed by atoms with Gasteiger partial charge in [0.25, 0.3) is 0 Å². The molecule has 0 unspecified atom stereocenters. The number of nitrogens with one attached hydrogen (secondary N) is 1. The van der Waals surface area contributed by atoms with Gasteiger partial charge in [-0.25, -0.2) is 0 Å². The average molecular weight is 335 g/mol. The molecule has 5 rings (SSSR count). The largest absolute Gasteiger partial charge is 0.454 e. The number of furan rings is 1. The summed E-state index contributed by atoms with van der Waals surface area (Å²) in [6.07, 6.45) is 0. The molecule has 1 heterocycles. The van der Waals surface area contributed by atoms with Gasteiger partial charge in [-0.2, -0.15) is 0 Å². The minimum atomic E-state index is 0.890. The first-order chi connectivity index (χ1) is 12.9. The van der Waals surface area contributed by atoms with E-state index < -0.39 is 0 Å². The Bertz CT molecular complexity index is 1190. The Kier molecular flexibility index (Phi) is 3.46. The summed E-state index contributed by atoms with van der Waals surface area (Å²) in [5.41, 5.74) is 6.25. The molecule has 26 heavy (non-hydrogen) atoms. The second kappa shape index (κ2) is 6.08. The Morgan fingerprint density at radius 1 is 0.538 bits per heavy atom. The fourth-order valence-electron chi connectivity index (χ4n) is 3.38. The molecule has 0 aliphatic carbocycles. The molecule has 0 radical (unpaired) electrons. The molecule has 0 fully saturated rings. The lowest BCUT2D eigenvalue weighted by atomic mass is 10.1. The van der Waals surface area contributed by atoms with Crippen molar-refractivity contribution in [1.29, 1.82) is 0 Å². The Morgan fingerprint density at radius 2 is 1.23 bits per heavy atom. The molecule has 124 valence electrons. The van der Waals surface area contributed by atoms with Gasteiger partial charge in [-0.1, -0.05) is 72.8 Å². The van der Waals surface area contributed by atoms with E-state index in [1.165, 1.54) is 11.1 Å². The second-order valence-corrected chi connectivity index (χ2v) is 6.35. The van der Waals surface area contributed by atoms with E-state index >= 15 is 0 Å². The zero-order valence-corrected chi connectivity index (χ0v) is 14.1. The van der Waals surface area contributed by atoms with Gasteiger partial charge >= 0.3 is 0 Å². The summed E-state index contributed by atoms with van der Waals surface area (Å²) in [5, 5.41) is 5.77. The van der Waals surface area contributed by atoms with Gasteiger partial charge in [0.05, 0.1) is 5.69 Å². The molecule has 2 nitrogen and oxygen atoms in total. The van der Waals surface area contributed by atoms with Crippen LogP contribution in [-0.4, -0.2) is 0 Å². The SMILES string of the molecule is c1ccc(-c2ccc(Nc3cccc4c3oc3ccccc34)cc2)cc1. The molecule has 0 atom stereocenters. The first-order valence-electron chi connectivity index (χ1n) is 8.71. The van der Waals surface area contributed by atoms with Crippen LogP contribution in [0.3, 0.4) is 0 Å². The van der Waals surface area contributed by atoms with Crippen molar-refractivity contribution in [2.75, 3.05) is 5.32 Å². The smallest absolute Gasteiger partial charge is 0.158 e. The van der Waals surface area contributed by atoms with Gasteiger partial charge in [0.2, 0.25) is 0 Å². The first kappa shape index (κ1) is 14.8. The summed E-state index contributed by atoms with van der Waals surface area (Å²) in [7, 11) is 0. The van der Waals surface area contributed by atoms with Crippen molar-refractivity contribution in [2.24, 2.45) is 0 Å². The molecule has 0 saturated carbocycles. The van der Waals surface area contributed by atoms with Gasteiger partial charge in [0, 0.05) is 16.5 Å². The van der Waals surface area contributed by atoms with Crippen molar-refractivity contribution in [3.8, 4) is 11.1 Å². The third kappa shape index (κ3) is 2.52. The Morgan fingerprint density at radius 3 is 2.08 bits per heavy atom. The van der Waals surface area contributed by atoms with Gasteiger partial charge in [0.1, 0.15) is 5.58 Å². The van der Waals surface area contributed by atoms with E-state index in [4.69, 9.17) is 4.42 Å². The number of para-hydroxylation sites is 2. The van der Waals surface area contributed by atoms with Gasteiger partial charge in [-0.15, -0.1) is 0 Å². The van der Waals surface area contributed by atoms with Crippen molar-refractivity contribution in [2.45, 2.75) is 0 Å². The molecular formula is C24H17NO. The van der Waals surface area contributed by atoms with Crippen LogP contribution in [0.15, 0.2) is 101 Å². The highest BCUT2D eigenvalue weighted by Gasteiger charge is 2.10. The maximum absolute atomic E-state index is 6.09. The topological polar surface area (TPSA) is 25.2 Å². The molecule has 1 N–H and O–H groups in total. The highest BCUT2D eigenvalue weighted by atomic mass is 16.3. The van der Waals surface area contributed by atoms with E-state index in [1.807, 2.05) is 24.3 Å². The zero-order chi connectivity index (χ0) is 17.3. The average Bonchev–Trinajstić information content (AvgIpc) is 3.09. The third-order valence-electron chi connectivity index (χ3n) is 4.68. The van der Waals surface area contributed by atoms with E-state index in [9.17, 15) is 0 Å². The van der Waals surface area contributed by atoms with Crippen LogP contribution in [0.25, 0.3) is 33.1 Å². The minimum absolute atomic E-state index is 0.890. The highest BCUT2D eigenvalue weighted by molar-refractivity contribution is 6.09. The van der Waals surface area contributed by atoms with Crippen molar-refractivity contribution < 1.29 is 4.42 Å². The Labute approximate surface area is 151 Å². The number of fused-ring (bicyclic) bond motifs is 3. The molecule has 1 aromatic heterocycles. The molecule has 0 aliphatic heterocycles. The van der Waals surface area contributed by atoms with E-state index in [0.717, 1.165) is 33.3 Å². The van der Waals surface area contributed by atoms with Gasteiger partial charge in [0.15, 0.2) is 5.58 Å². The van der Waals surface area contributed by atoms with E-state index in [1.54, 1.807) is 0 Å². The number of rotatable bonds is 3. The Hall–Kier alpha value is -3.52. The van der Waals surface area contributed by atoms with Crippen LogP contribution in [0.4, 0.5) is 11.4 Å². The minimum Gasteiger partial charge on any atom is -0.454 e. The normalized spacial score (nSPS) is 11.1. The first-order valence-corrected chi connectivity index (χ1v) is 8.71. The van der Waals surface area contributed by atoms with Crippen molar-refractivity contribution >= 4 is 33.3 Å². The quantitative estimate of drug-likeness (QED) is 0.384. The van der Waals surface area contributed by atoms with Crippen LogP contribution in [0.2, 0.25) is 0 Å². The summed E-state index contributed by atoms with van der Waals surface area (Å²) >= 11 is 0. The molecule has 0 saturated heterocycles. The van der Waals surface area contributed by atoms with Crippen molar-refractivity contribution in [3.05, 3.63) is 97.1 Å². The number of hydrogen-bond acceptors (Lipinski definition) is 2. The van der Waals surface area contributed by atoms with Crippen molar-refractivity contribution in [3.63, 3.8) is 0 Å².